The molecular formula is C11H13BrN2OS. The third kappa shape index (κ3) is 2.36. The van der Waals surface area contributed by atoms with Gasteiger partial charge in [0.25, 0.3) is 0 Å². The van der Waals surface area contributed by atoms with Gasteiger partial charge >= 0.3 is 0 Å². The molecule has 2 aromatic rings. The number of nitrogens with zero attached hydrogens (tertiary/aromatic N) is 2. The number of thiophene rings is 1. The van der Waals surface area contributed by atoms with Gasteiger partial charge in [0.1, 0.15) is 6.10 Å². The van der Waals surface area contributed by atoms with E-state index in [-0.39, 0.29) is 0 Å². The molecule has 0 saturated carbocycles. The highest BCUT2D eigenvalue weighted by Crippen LogP contribution is 2.31. The van der Waals surface area contributed by atoms with Gasteiger partial charge in [-0.15, -0.1) is 0 Å². The second-order valence-electron chi connectivity index (χ2n) is 3.61. The van der Waals surface area contributed by atoms with Crippen LogP contribution in [0.25, 0.3) is 0 Å². The quantitative estimate of drug-likeness (QED) is 0.941. The van der Waals surface area contributed by atoms with Crippen molar-refractivity contribution in [2.45, 2.75) is 26.0 Å². The maximum absolute atomic E-state index is 10.2. The van der Waals surface area contributed by atoms with Crippen molar-refractivity contribution in [3.63, 3.8) is 0 Å². The molecular weight excluding hydrogens is 288 g/mol. The van der Waals surface area contributed by atoms with Crippen LogP contribution >= 0.6 is 27.3 Å². The molecule has 0 aliphatic rings. The van der Waals surface area contributed by atoms with Crippen molar-refractivity contribution < 1.29 is 5.11 Å². The minimum absolute atomic E-state index is 0.591. The highest BCUT2D eigenvalue weighted by atomic mass is 79.9. The van der Waals surface area contributed by atoms with Gasteiger partial charge in [0.15, 0.2) is 0 Å². The number of hydrogen-bond acceptors (Lipinski definition) is 3. The van der Waals surface area contributed by atoms with Crippen molar-refractivity contribution in [2.24, 2.45) is 0 Å². The number of rotatable bonds is 4. The van der Waals surface area contributed by atoms with Gasteiger partial charge in [0.2, 0.25) is 0 Å². The van der Waals surface area contributed by atoms with E-state index in [1.54, 1.807) is 17.5 Å². The van der Waals surface area contributed by atoms with Gasteiger partial charge in [-0.1, -0.05) is 6.92 Å². The van der Waals surface area contributed by atoms with E-state index in [2.05, 4.69) is 28.0 Å². The lowest BCUT2D eigenvalue weighted by atomic mass is 10.1. The number of aromatic nitrogens is 2. The third-order valence-corrected chi connectivity index (χ3v) is 4.11. The summed E-state index contributed by atoms with van der Waals surface area (Å²) in [4.78, 5) is 0. The summed E-state index contributed by atoms with van der Waals surface area (Å²) in [6.07, 6.45) is 4.08. The van der Waals surface area contributed by atoms with Crippen LogP contribution in [-0.4, -0.2) is 14.9 Å². The van der Waals surface area contributed by atoms with Crippen molar-refractivity contribution >= 4 is 27.3 Å². The molecule has 2 heterocycles. The van der Waals surface area contributed by atoms with Crippen LogP contribution in [0.1, 0.15) is 30.6 Å². The van der Waals surface area contributed by atoms with Crippen molar-refractivity contribution in [3.05, 3.63) is 38.8 Å². The van der Waals surface area contributed by atoms with Crippen LogP contribution in [-0.2, 0) is 6.54 Å². The van der Waals surface area contributed by atoms with Gasteiger partial charge in [-0.05, 0) is 27.7 Å². The zero-order chi connectivity index (χ0) is 11.5. The molecule has 1 atom stereocenters. The third-order valence-electron chi connectivity index (χ3n) is 2.36. The number of aryl methyl sites for hydroxylation is 1. The largest absolute Gasteiger partial charge is 0.383 e. The topological polar surface area (TPSA) is 38.0 Å². The molecule has 3 nitrogen and oxygen atoms in total. The minimum atomic E-state index is -0.591. The number of hydrogen-bond donors (Lipinski definition) is 1. The molecule has 5 heteroatoms. The van der Waals surface area contributed by atoms with Gasteiger partial charge in [0, 0.05) is 33.7 Å². The molecule has 0 saturated heterocycles. The lowest BCUT2D eigenvalue weighted by molar-refractivity contribution is 0.220. The van der Waals surface area contributed by atoms with Crippen molar-refractivity contribution in [3.8, 4) is 0 Å². The molecule has 0 aliphatic heterocycles. The summed E-state index contributed by atoms with van der Waals surface area (Å²) in [5.41, 5.74) is 1.74. The Bertz CT molecular complexity index is 466. The normalized spacial score (nSPS) is 12.9. The molecule has 86 valence electrons. The SMILES string of the molecule is CCCn1cc(C(O)c2cscc2Br)cn1. The summed E-state index contributed by atoms with van der Waals surface area (Å²) < 4.78 is 2.81. The lowest BCUT2D eigenvalue weighted by Crippen LogP contribution is -1.98. The first kappa shape index (κ1) is 11.8. The monoisotopic (exact) mass is 300 g/mol. The number of aliphatic hydroxyl groups excluding tert-OH is 1. The summed E-state index contributed by atoms with van der Waals surface area (Å²) in [7, 11) is 0. The predicted molar refractivity (Wildman–Crippen MR) is 68.6 cm³/mol. The molecule has 2 aromatic heterocycles. The Balaban J connectivity index is 2.20. The fourth-order valence-corrected chi connectivity index (χ4v) is 3.07. The Labute approximate surface area is 107 Å². The molecule has 0 spiro atoms. The lowest BCUT2D eigenvalue weighted by Gasteiger charge is -2.06. The van der Waals surface area contributed by atoms with Gasteiger partial charge < -0.3 is 5.11 Å². The standard InChI is InChI=1S/C11H13BrN2OS/c1-2-3-14-5-8(4-13-14)11(15)9-6-16-7-10(9)12/h4-7,11,15H,2-3H2,1H3. The van der Waals surface area contributed by atoms with Crippen molar-refractivity contribution in [1.29, 1.82) is 0 Å². The second-order valence-corrected chi connectivity index (χ2v) is 5.21. The van der Waals surface area contributed by atoms with E-state index in [0.717, 1.165) is 28.6 Å². The van der Waals surface area contributed by atoms with Crippen LogP contribution in [0, 0.1) is 0 Å². The number of halogens is 1. The smallest absolute Gasteiger partial charge is 0.109 e. The van der Waals surface area contributed by atoms with Crippen LogP contribution in [0.2, 0.25) is 0 Å². The van der Waals surface area contributed by atoms with E-state index in [0.29, 0.717) is 0 Å². The molecule has 16 heavy (non-hydrogen) atoms. The fraction of sp³-hybridized carbons (Fsp3) is 0.364. The second kappa shape index (κ2) is 5.12. The molecule has 0 radical (unpaired) electrons. The molecule has 1 N–H and O–H groups in total. The zero-order valence-electron chi connectivity index (χ0n) is 8.93. The summed E-state index contributed by atoms with van der Waals surface area (Å²) >= 11 is 5.00. The Morgan fingerprint density at radius 2 is 2.38 bits per heavy atom. The summed E-state index contributed by atoms with van der Waals surface area (Å²) in [6.45, 7) is 2.99. The Kier molecular flexibility index (Phi) is 3.78. The van der Waals surface area contributed by atoms with E-state index in [4.69, 9.17) is 0 Å². The van der Waals surface area contributed by atoms with Crippen LogP contribution in [0.15, 0.2) is 27.6 Å². The first-order valence-corrected chi connectivity index (χ1v) is 6.88. The highest BCUT2D eigenvalue weighted by Gasteiger charge is 2.16. The molecule has 0 fully saturated rings. The van der Waals surface area contributed by atoms with E-state index < -0.39 is 6.10 Å². The highest BCUT2D eigenvalue weighted by molar-refractivity contribution is 9.10. The van der Waals surface area contributed by atoms with E-state index >= 15 is 0 Å². The van der Waals surface area contributed by atoms with E-state index in [1.165, 1.54) is 0 Å². The Morgan fingerprint density at radius 3 is 3.00 bits per heavy atom. The first-order chi connectivity index (χ1) is 7.72. The maximum atomic E-state index is 10.2. The van der Waals surface area contributed by atoms with Crippen LogP contribution in [0.4, 0.5) is 0 Å². The zero-order valence-corrected chi connectivity index (χ0v) is 11.3. The summed E-state index contributed by atoms with van der Waals surface area (Å²) in [6, 6.07) is 0. The molecule has 0 aromatic carbocycles. The molecule has 2 rings (SSSR count). The molecule has 0 bridgehead atoms. The molecule has 0 aliphatic carbocycles. The van der Waals surface area contributed by atoms with Gasteiger partial charge in [-0.2, -0.15) is 16.4 Å². The van der Waals surface area contributed by atoms with Crippen LogP contribution in [0.5, 0.6) is 0 Å². The van der Waals surface area contributed by atoms with Gasteiger partial charge in [-0.3, -0.25) is 4.68 Å². The van der Waals surface area contributed by atoms with E-state index in [9.17, 15) is 5.11 Å². The average molecular weight is 301 g/mol. The summed E-state index contributed by atoms with van der Waals surface area (Å²) in [5, 5.41) is 18.3. The minimum Gasteiger partial charge on any atom is -0.383 e. The predicted octanol–water partition coefficient (Wildman–Crippen LogP) is 3.20. The average Bonchev–Trinajstić information content (AvgIpc) is 2.87. The van der Waals surface area contributed by atoms with Crippen LogP contribution in [0.3, 0.4) is 0 Å². The molecule has 1 unspecified atom stereocenters. The summed E-state index contributed by atoms with van der Waals surface area (Å²) in [5.74, 6) is 0. The Hall–Kier alpha value is -0.650. The maximum Gasteiger partial charge on any atom is 0.109 e. The van der Waals surface area contributed by atoms with Gasteiger partial charge in [-0.25, -0.2) is 0 Å². The van der Waals surface area contributed by atoms with Crippen molar-refractivity contribution in [1.82, 2.24) is 9.78 Å². The number of aliphatic hydroxyl groups is 1. The van der Waals surface area contributed by atoms with Crippen molar-refractivity contribution in [2.75, 3.05) is 0 Å². The Morgan fingerprint density at radius 1 is 1.56 bits per heavy atom. The fourth-order valence-electron chi connectivity index (χ4n) is 1.54. The van der Waals surface area contributed by atoms with Crippen LogP contribution < -0.4 is 0 Å². The van der Waals surface area contributed by atoms with Gasteiger partial charge in [0.05, 0.1) is 6.20 Å². The molecule has 0 amide bonds. The first-order valence-electron chi connectivity index (χ1n) is 5.14. The van der Waals surface area contributed by atoms with E-state index in [1.807, 2.05) is 21.6 Å².